The molecule has 0 radical (unpaired) electrons. The molecule has 0 aliphatic heterocycles. The molecule has 1 nitrogen and oxygen atoms in total. The minimum atomic E-state index is 0.953. The Balaban J connectivity index is 2.96. The van der Waals surface area contributed by atoms with E-state index in [1.807, 2.05) is 19.1 Å². The van der Waals surface area contributed by atoms with Crippen molar-refractivity contribution in [3.63, 3.8) is 0 Å². The average molecular weight is 185 g/mol. The largest absolute Gasteiger partial charge is 0.456 e. The first kappa shape index (κ1) is 5.30. The lowest BCUT2D eigenvalue weighted by Gasteiger charge is -1.83. The fraction of sp³-hybridized carbons (Fsp3) is 0.143. The molecule has 0 saturated carbocycles. The lowest BCUT2D eigenvalue weighted by atomic mass is 10.2. The summed E-state index contributed by atoms with van der Waals surface area (Å²) in [6.07, 6.45) is 0. The summed E-state index contributed by atoms with van der Waals surface area (Å²) >= 11 is 3.37. The van der Waals surface area contributed by atoms with E-state index in [1.54, 1.807) is 0 Å². The van der Waals surface area contributed by atoms with Gasteiger partial charge >= 0.3 is 0 Å². The normalized spacial score (nSPS) is 11.3. The van der Waals surface area contributed by atoms with Gasteiger partial charge in [0.15, 0.2) is 0 Å². The number of furan rings is 2. The third kappa shape index (κ3) is 0.597. The van der Waals surface area contributed by atoms with Crippen LogP contribution in [0.15, 0.2) is 21.0 Å². The van der Waals surface area contributed by atoms with Crippen LogP contribution in [-0.4, -0.2) is 0 Å². The van der Waals surface area contributed by atoms with E-state index < -0.39 is 0 Å². The first-order valence-electron chi connectivity index (χ1n) is 2.75. The standard InChI is InChI=1S/C7H5BrO/c1-4-2-5-3-6(8)7(4)9-5/h2-3H,1H3. The van der Waals surface area contributed by atoms with Crippen LogP contribution in [0.25, 0.3) is 11.2 Å². The maximum Gasteiger partial charge on any atom is 0.144 e. The van der Waals surface area contributed by atoms with Crippen LogP contribution in [0.2, 0.25) is 0 Å². The Kier molecular flexibility index (Phi) is 0.887. The van der Waals surface area contributed by atoms with Crippen molar-refractivity contribution in [3.05, 3.63) is 22.2 Å². The molecule has 0 aliphatic rings. The summed E-state index contributed by atoms with van der Waals surface area (Å²) in [5, 5.41) is 0. The molecule has 0 atom stereocenters. The average Bonchev–Trinajstić information content (AvgIpc) is 2.22. The van der Waals surface area contributed by atoms with Gasteiger partial charge in [0.05, 0.1) is 4.47 Å². The van der Waals surface area contributed by atoms with Crippen LogP contribution < -0.4 is 0 Å². The lowest BCUT2D eigenvalue weighted by molar-refractivity contribution is 0.673. The van der Waals surface area contributed by atoms with E-state index in [4.69, 9.17) is 4.42 Å². The van der Waals surface area contributed by atoms with Crippen molar-refractivity contribution in [2.45, 2.75) is 6.92 Å². The Morgan fingerprint density at radius 2 is 2.22 bits per heavy atom. The van der Waals surface area contributed by atoms with Gasteiger partial charge in [-0.15, -0.1) is 0 Å². The topological polar surface area (TPSA) is 13.1 Å². The van der Waals surface area contributed by atoms with Crippen molar-refractivity contribution in [3.8, 4) is 0 Å². The number of rotatable bonds is 0. The Hall–Kier alpha value is -0.500. The highest BCUT2D eigenvalue weighted by Gasteiger charge is 2.06. The van der Waals surface area contributed by atoms with Gasteiger partial charge in [-0.2, -0.15) is 0 Å². The van der Waals surface area contributed by atoms with Gasteiger partial charge in [-0.25, -0.2) is 0 Å². The number of halogens is 1. The minimum absolute atomic E-state index is 0.953. The van der Waals surface area contributed by atoms with Crippen LogP contribution in [0.5, 0.6) is 0 Å². The molecule has 0 N–H and O–H groups in total. The van der Waals surface area contributed by atoms with E-state index in [0.717, 1.165) is 15.6 Å². The second kappa shape index (κ2) is 1.51. The highest BCUT2D eigenvalue weighted by Crippen LogP contribution is 2.30. The van der Waals surface area contributed by atoms with E-state index in [9.17, 15) is 0 Å². The molecule has 2 heteroatoms. The van der Waals surface area contributed by atoms with Gasteiger partial charge < -0.3 is 4.42 Å². The minimum Gasteiger partial charge on any atom is -0.456 e. The highest BCUT2D eigenvalue weighted by molar-refractivity contribution is 9.10. The predicted molar refractivity (Wildman–Crippen MR) is 39.8 cm³/mol. The van der Waals surface area contributed by atoms with Crippen molar-refractivity contribution in [2.75, 3.05) is 0 Å². The monoisotopic (exact) mass is 184 g/mol. The summed E-state index contributed by atoms with van der Waals surface area (Å²) in [6.45, 7) is 2.04. The van der Waals surface area contributed by atoms with E-state index in [0.29, 0.717) is 0 Å². The highest BCUT2D eigenvalue weighted by atomic mass is 79.9. The number of benzene rings is 1. The Labute approximate surface area is 61.1 Å². The summed E-state index contributed by atoms with van der Waals surface area (Å²) in [5.74, 6) is 0. The Morgan fingerprint density at radius 3 is 2.56 bits per heavy atom. The van der Waals surface area contributed by atoms with Crippen molar-refractivity contribution in [1.29, 1.82) is 0 Å². The summed E-state index contributed by atoms with van der Waals surface area (Å²) in [4.78, 5) is 0. The molecule has 0 amide bonds. The zero-order chi connectivity index (χ0) is 6.43. The molecule has 2 heterocycles. The molecule has 9 heavy (non-hydrogen) atoms. The Morgan fingerprint density at radius 1 is 1.44 bits per heavy atom. The fourth-order valence-corrected chi connectivity index (χ4v) is 1.62. The second-order valence-corrected chi connectivity index (χ2v) is 3.01. The van der Waals surface area contributed by atoms with Crippen LogP contribution in [-0.2, 0) is 0 Å². The molecule has 0 saturated heterocycles. The summed E-state index contributed by atoms with van der Waals surface area (Å²) in [6, 6.07) is 4.00. The predicted octanol–water partition coefficient (Wildman–Crippen LogP) is 2.94. The van der Waals surface area contributed by atoms with Crippen LogP contribution in [0.3, 0.4) is 0 Å². The van der Waals surface area contributed by atoms with Gasteiger partial charge in [-0.05, 0) is 40.5 Å². The molecular weight excluding hydrogens is 180 g/mol. The van der Waals surface area contributed by atoms with Gasteiger partial charge in [0.25, 0.3) is 0 Å². The first-order chi connectivity index (χ1) is 4.27. The molecule has 46 valence electrons. The third-order valence-corrected chi connectivity index (χ3v) is 2.01. The number of hydrogen-bond acceptors (Lipinski definition) is 1. The molecule has 0 fully saturated rings. The molecular formula is C7H5BrO. The number of aryl methyl sites for hydroxylation is 1. The van der Waals surface area contributed by atoms with E-state index in [-0.39, 0.29) is 0 Å². The number of fused-ring (bicyclic) bond motifs is 2. The van der Waals surface area contributed by atoms with Crippen LogP contribution in [0.1, 0.15) is 5.56 Å². The lowest BCUT2D eigenvalue weighted by Crippen LogP contribution is -1.64. The molecule has 0 aromatic carbocycles. The quantitative estimate of drug-likeness (QED) is 0.614. The van der Waals surface area contributed by atoms with E-state index in [2.05, 4.69) is 15.9 Å². The maximum atomic E-state index is 5.30. The summed E-state index contributed by atoms with van der Waals surface area (Å²) in [5.41, 5.74) is 3.14. The molecule has 2 rings (SSSR count). The molecule has 0 unspecified atom stereocenters. The molecule has 0 aliphatic carbocycles. The van der Waals surface area contributed by atoms with Crippen molar-refractivity contribution in [1.82, 2.24) is 0 Å². The van der Waals surface area contributed by atoms with Gasteiger partial charge in [0.2, 0.25) is 0 Å². The molecule has 2 aromatic rings. The summed E-state index contributed by atoms with van der Waals surface area (Å²) < 4.78 is 6.37. The second-order valence-electron chi connectivity index (χ2n) is 2.15. The van der Waals surface area contributed by atoms with Crippen LogP contribution in [0, 0.1) is 6.92 Å². The van der Waals surface area contributed by atoms with E-state index >= 15 is 0 Å². The molecule has 0 spiro atoms. The van der Waals surface area contributed by atoms with Crippen molar-refractivity contribution in [2.24, 2.45) is 0 Å². The fourth-order valence-electron chi connectivity index (χ4n) is 1.01. The zero-order valence-electron chi connectivity index (χ0n) is 4.94. The van der Waals surface area contributed by atoms with Crippen molar-refractivity contribution < 1.29 is 4.42 Å². The van der Waals surface area contributed by atoms with Crippen molar-refractivity contribution >= 4 is 27.1 Å². The van der Waals surface area contributed by atoms with Gasteiger partial charge in [0.1, 0.15) is 11.2 Å². The smallest absolute Gasteiger partial charge is 0.144 e. The zero-order valence-corrected chi connectivity index (χ0v) is 6.53. The molecule has 2 aromatic heterocycles. The number of hydrogen-bond donors (Lipinski definition) is 0. The van der Waals surface area contributed by atoms with Crippen LogP contribution in [0.4, 0.5) is 0 Å². The van der Waals surface area contributed by atoms with Gasteiger partial charge in [-0.3, -0.25) is 0 Å². The Bertz CT molecular complexity index is 297. The van der Waals surface area contributed by atoms with Gasteiger partial charge in [0, 0.05) is 0 Å². The third-order valence-electron chi connectivity index (χ3n) is 1.42. The van der Waals surface area contributed by atoms with Crippen LogP contribution >= 0.6 is 15.9 Å². The maximum absolute atomic E-state index is 5.30. The summed E-state index contributed by atoms with van der Waals surface area (Å²) in [7, 11) is 0. The molecule has 2 bridgehead atoms. The van der Waals surface area contributed by atoms with Gasteiger partial charge in [-0.1, -0.05) is 0 Å². The SMILES string of the molecule is Cc1cc2cc(Br)c1o2. The van der Waals surface area contributed by atoms with E-state index in [1.165, 1.54) is 5.56 Å². The first-order valence-corrected chi connectivity index (χ1v) is 3.54.